The lowest BCUT2D eigenvalue weighted by Crippen LogP contribution is -2.35. The van der Waals surface area contributed by atoms with Crippen LogP contribution in [0.4, 0.5) is 4.39 Å². The summed E-state index contributed by atoms with van der Waals surface area (Å²) in [5, 5.41) is 5.36. The first-order chi connectivity index (χ1) is 11.1. The van der Waals surface area contributed by atoms with E-state index in [9.17, 15) is 9.18 Å². The molecule has 0 radical (unpaired) electrons. The minimum absolute atomic E-state index is 0. The van der Waals surface area contributed by atoms with Crippen LogP contribution in [0.2, 0.25) is 0 Å². The second-order valence-corrected chi connectivity index (χ2v) is 5.92. The molecule has 1 amide bonds. The summed E-state index contributed by atoms with van der Waals surface area (Å²) in [6.07, 6.45) is 1.12. The highest BCUT2D eigenvalue weighted by Crippen LogP contribution is 2.15. The van der Waals surface area contributed by atoms with Gasteiger partial charge in [0.05, 0.1) is 11.6 Å². The standard InChI is InChI=1S/C16H20FN3O2S.ClH/c1-2-12(22-13-5-3-4-11(17)8-13)9-19-16(21)14-10-23-15(20-14)6-7-18;/h3-5,8,10,12H,2,6-7,9,18H2,1H3,(H,19,21);1H. The molecule has 0 aliphatic heterocycles. The van der Waals surface area contributed by atoms with E-state index in [1.807, 2.05) is 6.92 Å². The highest BCUT2D eigenvalue weighted by atomic mass is 35.5. The summed E-state index contributed by atoms with van der Waals surface area (Å²) in [7, 11) is 0. The summed E-state index contributed by atoms with van der Waals surface area (Å²) < 4.78 is 18.8. The van der Waals surface area contributed by atoms with Crippen LogP contribution < -0.4 is 15.8 Å². The Bertz CT molecular complexity index is 654. The van der Waals surface area contributed by atoms with Crippen molar-refractivity contribution < 1.29 is 13.9 Å². The first-order valence-electron chi connectivity index (χ1n) is 7.47. The van der Waals surface area contributed by atoms with E-state index in [0.29, 0.717) is 37.4 Å². The molecule has 1 aromatic heterocycles. The van der Waals surface area contributed by atoms with E-state index in [2.05, 4.69) is 10.3 Å². The van der Waals surface area contributed by atoms with Crippen molar-refractivity contribution in [3.05, 3.63) is 46.2 Å². The number of thiazole rings is 1. The number of nitrogens with two attached hydrogens (primary N) is 1. The van der Waals surface area contributed by atoms with Crippen molar-refractivity contribution in [2.24, 2.45) is 5.73 Å². The maximum atomic E-state index is 13.2. The fraction of sp³-hybridized carbons (Fsp3) is 0.375. The van der Waals surface area contributed by atoms with Gasteiger partial charge < -0.3 is 15.8 Å². The Hall–Kier alpha value is -1.70. The van der Waals surface area contributed by atoms with Crippen LogP contribution in [-0.4, -0.2) is 30.1 Å². The fourth-order valence-corrected chi connectivity index (χ4v) is 2.75. The lowest BCUT2D eigenvalue weighted by atomic mass is 10.2. The average molecular weight is 374 g/mol. The van der Waals surface area contributed by atoms with Crippen molar-refractivity contribution in [2.45, 2.75) is 25.9 Å². The Balaban J connectivity index is 0.00000288. The minimum atomic E-state index is -0.351. The zero-order valence-corrected chi connectivity index (χ0v) is 15.0. The van der Waals surface area contributed by atoms with Crippen molar-refractivity contribution >= 4 is 29.7 Å². The Kier molecular flexibility index (Phi) is 8.67. The molecule has 1 unspecified atom stereocenters. The number of benzene rings is 1. The maximum absolute atomic E-state index is 13.2. The first kappa shape index (κ1) is 20.3. The number of amides is 1. The summed E-state index contributed by atoms with van der Waals surface area (Å²) in [6.45, 7) is 2.78. The highest BCUT2D eigenvalue weighted by molar-refractivity contribution is 7.09. The monoisotopic (exact) mass is 373 g/mol. The number of rotatable bonds is 8. The van der Waals surface area contributed by atoms with Gasteiger partial charge in [-0.1, -0.05) is 13.0 Å². The van der Waals surface area contributed by atoms with E-state index in [1.165, 1.54) is 23.5 Å². The normalized spacial score (nSPS) is 11.5. The van der Waals surface area contributed by atoms with Crippen molar-refractivity contribution in [1.29, 1.82) is 0 Å². The summed E-state index contributed by atoms with van der Waals surface area (Å²) in [5.74, 6) is -0.146. The second-order valence-electron chi connectivity index (χ2n) is 4.98. The predicted molar refractivity (Wildman–Crippen MR) is 95.6 cm³/mol. The van der Waals surface area contributed by atoms with Crippen molar-refractivity contribution in [1.82, 2.24) is 10.3 Å². The van der Waals surface area contributed by atoms with Gasteiger partial charge in [0.1, 0.15) is 23.4 Å². The van der Waals surface area contributed by atoms with Gasteiger partial charge in [0.2, 0.25) is 0 Å². The molecule has 0 fully saturated rings. The largest absolute Gasteiger partial charge is 0.489 e. The summed E-state index contributed by atoms with van der Waals surface area (Å²) in [6, 6.07) is 5.96. The molecule has 2 aromatic rings. The SMILES string of the molecule is CCC(CNC(=O)c1csc(CCN)n1)Oc1cccc(F)c1.Cl. The molecule has 2 rings (SSSR count). The third-order valence-electron chi connectivity index (χ3n) is 3.19. The van der Waals surface area contributed by atoms with Crippen LogP contribution in [0.5, 0.6) is 5.75 Å². The van der Waals surface area contributed by atoms with Gasteiger partial charge in [0, 0.05) is 17.9 Å². The third kappa shape index (κ3) is 6.07. The molecule has 1 aromatic carbocycles. The van der Waals surface area contributed by atoms with E-state index in [-0.39, 0.29) is 30.2 Å². The number of hydrogen-bond acceptors (Lipinski definition) is 5. The van der Waals surface area contributed by atoms with E-state index >= 15 is 0 Å². The topological polar surface area (TPSA) is 77.2 Å². The van der Waals surface area contributed by atoms with Gasteiger partial charge in [-0.3, -0.25) is 4.79 Å². The van der Waals surface area contributed by atoms with Gasteiger partial charge in [-0.15, -0.1) is 23.7 Å². The van der Waals surface area contributed by atoms with Gasteiger partial charge in [-0.2, -0.15) is 0 Å². The summed E-state index contributed by atoms with van der Waals surface area (Å²) >= 11 is 1.42. The predicted octanol–water partition coefficient (Wildman–Crippen LogP) is 2.79. The Morgan fingerprint density at radius 3 is 2.96 bits per heavy atom. The zero-order valence-electron chi connectivity index (χ0n) is 13.3. The number of carbonyl (C=O) groups excluding carboxylic acids is 1. The molecule has 3 N–H and O–H groups in total. The highest BCUT2D eigenvalue weighted by Gasteiger charge is 2.14. The summed E-state index contributed by atoms with van der Waals surface area (Å²) in [5.41, 5.74) is 5.86. The number of nitrogens with one attached hydrogen (secondary N) is 1. The van der Waals surface area contributed by atoms with Crippen LogP contribution in [0.25, 0.3) is 0 Å². The molecular formula is C16H21ClFN3O2S. The van der Waals surface area contributed by atoms with Crippen LogP contribution >= 0.6 is 23.7 Å². The van der Waals surface area contributed by atoms with Crippen molar-refractivity contribution in [3.8, 4) is 5.75 Å². The molecule has 0 aliphatic carbocycles. The van der Waals surface area contributed by atoms with Gasteiger partial charge in [-0.05, 0) is 25.1 Å². The number of aromatic nitrogens is 1. The van der Waals surface area contributed by atoms with Gasteiger partial charge in [-0.25, -0.2) is 9.37 Å². The lowest BCUT2D eigenvalue weighted by Gasteiger charge is -2.18. The molecular weight excluding hydrogens is 353 g/mol. The third-order valence-corrected chi connectivity index (χ3v) is 4.10. The van der Waals surface area contributed by atoms with Gasteiger partial charge >= 0.3 is 0 Å². The maximum Gasteiger partial charge on any atom is 0.270 e. The number of hydrogen-bond donors (Lipinski definition) is 2. The Morgan fingerprint density at radius 1 is 1.50 bits per heavy atom. The first-order valence-corrected chi connectivity index (χ1v) is 8.35. The molecule has 1 heterocycles. The molecule has 24 heavy (non-hydrogen) atoms. The van der Waals surface area contributed by atoms with Crippen LogP contribution in [0.1, 0.15) is 28.8 Å². The van der Waals surface area contributed by atoms with E-state index < -0.39 is 0 Å². The smallest absolute Gasteiger partial charge is 0.270 e. The van der Waals surface area contributed by atoms with Gasteiger partial charge in [0.15, 0.2) is 0 Å². The number of nitrogens with zero attached hydrogens (tertiary/aromatic N) is 1. The van der Waals surface area contributed by atoms with Crippen LogP contribution in [-0.2, 0) is 6.42 Å². The Labute approximate surface area is 150 Å². The molecule has 0 spiro atoms. The number of carbonyl (C=O) groups is 1. The molecule has 1 atom stereocenters. The minimum Gasteiger partial charge on any atom is -0.489 e. The fourth-order valence-electron chi connectivity index (χ4n) is 1.95. The quantitative estimate of drug-likeness (QED) is 0.745. The van der Waals surface area contributed by atoms with Crippen LogP contribution in [0.15, 0.2) is 29.6 Å². The molecule has 0 aliphatic rings. The van der Waals surface area contributed by atoms with Crippen molar-refractivity contribution in [3.63, 3.8) is 0 Å². The van der Waals surface area contributed by atoms with E-state index in [1.54, 1.807) is 17.5 Å². The number of halogens is 2. The summed E-state index contributed by atoms with van der Waals surface area (Å²) in [4.78, 5) is 16.3. The average Bonchev–Trinajstić information content (AvgIpc) is 3.00. The molecule has 5 nitrogen and oxygen atoms in total. The van der Waals surface area contributed by atoms with Crippen LogP contribution in [0.3, 0.4) is 0 Å². The van der Waals surface area contributed by atoms with Crippen molar-refractivity contribution in [2.75, 3.05) is 13.1 Å². The Morgan fingerprint density at radius 2 is 2.29 bits per heavy atom. The van der Waals surface area contributed by atoms with Gasteiger partial charge in [0.25, 0.3) is 5.91 Å². The van der Waals surface area contributed by atoms with E-state index in [4.69, 9.17) is 10.5 Å². The van der Waals surface area contributed by atoms with Crippen LogP contribution in [0, 0.1) is 5.82 Å². The number of ether oxygens (including phenoxy) is 1. The molecule has 132 valence electrons. The zero-order chi connectivity index (χ0) is 16.7. The molecule has 8 heteroatoms. The molecule has 0 saturated carbocycles. The second kappa shape index (κ2) is 10.2. The molecule has 0 saturated heterocycles. The van der Waals surface area contributed by atoms with E-state index in [0.717, 1.165) is 5.01 Å². The molecule has 0 bridgehead atoms. The lowest BCUT2D eigenvalue weighted by molar-refractivity contribution is 0.0921.